The number of aromatic nitrogens is 2. The van der Waals surface area contributed by atoms with Gasteiger partial charge in [-0.05, 0) is 24.6 Å². The zero-order valence-electron chi connectivity index (χ0n) is 12.0. The van der Waals surface area contributed by atoms with Gasteiger partial charge in [-0.1, -0.05) is 50.0 Å². The smallest absolute Gasteiger partial charge is 0.288 e. The summed E-state index contributed by atoms with van der Waals surface area (Å²) in [5, 5.41) is 0. The van der Waals surface area contributed by atoms with Crippen molar-refractivity contribution in [3.63, 3.8) is 0 Å². The predicted octanol–water partition coefficient (Wildman–Crippen LogP) is 5.55. The van der Waals surface area contributed by atoms with E-state index in [0.29, 0.717) is 21.3 Å². The quantitative estimate of drug-likeness (QED) is 0.589. The molecule has 0 spiro atoms. The molecule has 21 heavy (non-hydrogen) atoms. The summed E-state index contributed by atoms with van der Waals surface area (Å²) < 4.78 is 25.2. The Kier molecular flexibility index (Phi) is 5.11. The van der Waals surface area contributed by atoms with Gasteiger partial charge in [0.05, 0.1) is 5.69 Å². The fourth-order valence-electron chi connectivity index (χ4n) is 1.92. The van der Waals surface area contributed by atoms with Crippen LogP contribution in [0.5, 0.6) is 0 Å². The molecule has 0 fully saturated rings. The van der Waals surface area contributed by atoms with E-state index in [2.05, 4.69) is 9.97 Å². The molecule has 2 rings (SSSR count). The van der Waals surface area contributed by atoms with Crippen molar-refractivity contribution in [3.05, 3.63) is 40.3 Å². The Hall–Kier alpha value is -1.27. The van der Waals surface area contributed by atoms with E-state index in [-0.39, 0.29) is 5.92 Å². The summed E-state index contributed by atoms with van der Waals surface area (Å²) in [6, 6.07) is 7.03. The molecular weight excluding hydrogens is 310 g/mol. The molecule has 2 aromatic rings. The number of thioether (sulfide) groups is 1. The first-order valence-corrected chi connectivity index (χ1v) is 7.83. The van der Waals surface area contributed by atoms with Crippen LogP contribution in [0.15, 0.2) is 29.2 Å². The molecule has 1 heterocycles. The van der Waals surface area contributed by atoms with Gasteiger partial charge in [-0.2, -0.15) is 8.78 Å². The van der Waals surface area contributed by atoms with Crippen molar-refractivity contribution in [2.45, 2.75) is 37.3 Å². The van der Waals surface area contributed by atoms with Crippen molar-refractivity contribution in [2.75, 3.05) is 0 Å². The Morgan fingerprint density at radius 3 is 2.33 bits per heavy atom. The van der Waals surface area contributed by atoms with Gasteiger partial charge in [0.25, 0.3) is 5.76 Å². The molecule has 1 N–H and O–H groups in total. The average Bonchev–Trinajstić information content (AvgIpc) is 2.42. The number of H-pyrrole nitrogens is 1. The number of halogens is 2. The first kappa shape index (κ1) is 16.1. The van der Waals surface area contributed by atoms with Crippen LogP contribution in [-0.4, -0.2) is 15.7 Å². The van der Waals surface area contributed by atoms with Gasteiger partial charge in [0.2, 0.25) is 0 Å². The van der Waals surface area contributed by atoms with Crippen LogP contribution in [0.4, 0.5) is 8.78 Å². The summed E-state index contributed by atoms with van der Waals surface area (Å²) in [5.41, 5.74) is 2.71. The highest BCUT2D eigenvalue weighted by Crippen LogP contribution is 2.29. The zero-order chi connectivity index (χ0) is 15.6. The van der Waals surface area contributed by atoms with Crippen molar-refractivity contribution < 1.29 is 8.78 Å². The summed E-state index contributed by atoms with van der Waals surface area (Å²) in [6.07, 6.45) is 0. The lowest BCUT2D eigenvalue weighted by Crippen LogP contribution is -2.02. The van der Waals surface area contributed by atoms with E-state index in [1.165, 1.54) is 0 Å². The molecule has 0 amide bonds. The lowest BCUT2D eigenvalue weighted by Gasteiger charge is -2.12. The molecule has 1 aromatic heterocycles. The second kappa shape index (κ2) is 6.66. The molecule has 0 saturated carbocycles. The van der Waals surface area contributed by atoms with Crippen molar-refractivity contribution in [3.8, 4) is 11.3 Å². The Labute approximate surface area is 132 Å². The van der Waals surface area contributed by atoms with Crippen LogP contribution in [0.1, 0.15) is 31.2 Å². The van der Waals surface area contributed by atoms with Crippen molar-refractivity contribution in [1.82, 2.24) is 9.97 Å². The van der Waals surface area contributed by atoms with E-state index >= 15 is 0 Å². The predicted molar refractivity (Wildman–Crippen MR) is 85.5 cm³/mol. The number of hydrogen-bond acceptors (Lipinski definition) is 3. The van der Waals surface area contributed by atoms with Crippen LogP contribution < -0.4 is 0 Å². The number of alkyl halides is 2. The second-order valence-corrected chi connectivity index (χ2v) is 6.43. The van der Waals surface area contributed by atoms with Crippen molar-refractivity contribution >= 4 is 24.0 Å². The molecule has 0 atom stereocenters. The first-order chi connectivity index (χ1) is 9.88. The topological polar surface area (TPSA) is 28.7 Å². The maximum absolute atomic E-state index is 12.3. The monoisotopic (exact) mass is 326 g/mol. The van der Waals surface area contributed by atoms with E-state index in [0.717, 1.165) is 22.6 Å². The Morgan fingerprint density at radius 1 is 1.19 bits per heavy atom. The Bertz CT molecular complexity index is 679. The molecular formula is C15H16F2N2S2. The molecule has 1 aromatic carbocycles. The minimum atomic E-state index is -2.41. The zero-order valence-corrected chi connectivity index (χ0v) is 13.6. The summed E-state index contributed by atoms with van der Waals surface area (Å²) in [7, 11) is 0. The van der Waals surface area contributed by atoms with Gasteiger partial charge in [0.15, 0.2) is 0 Å². The summed E-state index contributed by atoms with van der Waals surface area (Å²) in [5.74, 6) is -1.34. The van der Waals surface area contributed by atoms with Crippen LogP contribution in [0.25, 0.3) is 11.3 Å². The van der Waals surface area contributed by atoms with E-state index in [4.69, 9.17) is 12.2 Å². The van der Waals surface area contributed by atoms with Gasteiger partial charge < -0.3 is 4.98 Å². The summed E-state index contributed by atoms with van der Waals surface area (Å²) >= 11 is 5.84. The molecule has 0 aliphatic heterocycles. The summed E-state index contributed by atoms with van der Waals surface area (Å²) in [4.78, 5) is 8.21. The lowest BCUT2D eigenvalue weighted by atomic mass is 10.1. The van der Waals surface area contributed by atoms with E-state index < -0.39 is 5.76 Å². The fraction of sp³-hybridized carbons (Fsp3) is 0.333. The molecule has 0 aliphatic carbocycles. The van der Waals surface area contributed by atoms with Gasteiger partial charge in [0, 0.05) is 16.4 Å². The van der Waals surface area contributed by atoms with Crippen LogP contribution in [0.3, 0.4) is 0 Å². The highest BCUT2D eigenvalue weighted by atomic mass is 32.2. The molecule has 112 valence electrons. The normalized spacial score (nSPS) is 11.4. The summed E-state index contributed by atoms with van der Waals surface area (Å²) in [6.45, 7) is 5.98. The highest BCUT2D eigenvalue weighted by molar-refractivity contribution is 7.99. The fourth-order valence-corrected chi connectivity index (χ4v) is 2.61. The van der Waals surface area contributed by atoms with Gasteiger partial charge in [0.1, 0.15) is 10.5 Å². The molecule has 0 unspecified atom stereocenters. The van der Waals surface area contributed by atoms with Gasteiger partial charge >= 0.3 is 0 Å². The molecule has 0 radical (unpaired) electrons. The second-order valence-electron chi connectivity index (χ2n) is 4.98. The third kappa shape index (κ3) is 3.89. The van der Waals surface area contributed by atoms with Crippen LogP contribution in [0, 0.1) is 11.6 Å². The number of hydrogen-bond donors (Lipinski definition) is 1. The number of benzene rings is 1. The Balaban J connectivity index is 2.44. The third-order valence-corrected chi connectivity index (χ3v) is 4.21. The van der Waals surface area contributed by atoms with Gasteiger partial charge in [-0.3, -0.25) is 0 Å². The van der Waals surface area contributed by atoms with Crippen LogP contribution in [0.2, 0.25) is 0 Å². The van der Waals surface area contributed by atoms with Crippen molar-refractivity contribution in [2.24, 2.45) is 0 Å². The van der Waals surface area contributed by atoms with Crippen LogP contribution in [-0.2, 0) is 0 Å². The third-order valence-electron chi connectivity index (χ3n) is 3.09. The maximum atomic E-state index is 12.3. The largest absolute Gasteiger partial charge is 0.343 e. The van der Waals surface area contributed by atoms with E-state index in [1.54, 1.807) is 12.1 Å². The van der Waals surface area contributed by atoms with Crippen molar-refractivity contribution in [1.29, 1.82) is 0 Å². The van der Waals surface area contributed by atoms with Gasteiger partial charge in [-0.15, -0.1) is 0 Å². The number of nitrogens with zero attached hydrogens (tertiary/aromatic N) is 1. The molecule has 0 saturated heterocycles. The number of rotatable bonds is 4. The molecule has 6 heteroatoms. The van der Waals surface area contributed by atoms with E-state index in [9.17, 15) is 8.78 Å². The van der Waals surface area contributed by atoms with Crippen LogP contribution >= 0.6 is 24.0 Å². The highest BCUT2D eigenvalue weighted by Gasteiger charge is 2.10. The van der Waals surface area contributed by atoms with Gasteiger partial charge in [-0.25, -0.2) is 4.98 Å². The first-order valence-electron chi connectivity index (χ1n) is 6.54. The minimum absolute atomic E-state index is 0.236. The molecule has 2 nitrogen and oxygen atoms in total. The maximum Gasteiger partial charge on any atom is 0.288 e. The average molecular weight is 326 g/mol. The minimum Gasteiger partial charge on any atom is -0.343 e. The molecule has 0 aliphatic rings. The lowest BCUT2D eigenvalue weighted by molar-refractivity contribution is 0.252. The SMILES string of the molecule is Cc1c(-c2ccc(SC(F)F)cc2)[nH]c(C(C)C)nc1=S. The van der Waals surface area contributed by atoms with E-state index in [1.807, 2.05) is 32.9 Å². The number of nitrogens with one attached hydrogen (secondary N) is 1. The number of aromatic amines is 1. The Morgan fingerprint density at radius 2 is 1.81 bits per heavy atom. The molecule has 0 bridgehead atoms. The standard InChI is InChI=1S/C15H16F2N2S2/c1-8(2)13-18-12(9(3)14(20)19-13)10-4-6-11(7-5-10)21-15(16)17/h4-8,15H,1-3H3,(H,18,19,20).